The van der Waals surface area contributed by atoms with Crippen molar-refractivity contribution in [2.24, 2.45) is 5.73 Å². The average Bonchev–Trinajstić information content (AvgIpc) is 2.68. The third-order valence-corrected chi connectivity index (χ3v) is 2.95. The molecule has 1 aromatic rings. The molecule has 0 spiro atoms. The molecule has 0 unspecified atom stereocenters. The first-order chi connectivity index (χ1) is 6.90. The highest BCUT2D eigenvalue weighted by Gasteiger charge is 2.18. The van der Waals surface area contributed by atoms with Gasteiger partial charge in [0.2, 0.25) is 0 Å². The fourth-order valence-electron chi connectivity index (χ4n) is 2.15. The zero-order valence-electron chi connectivity index (χ0n) is 8.54. The van der Waals surface area contributed by atoms with Gasteiger partial charge in [-0.05, 0) is 12.8 Å². The fourth-order valence-corrected chi connectivity index (χ4v) is 2.15. The van der Waals surface area contributed by atoms with Crippen LogP contribution in [0.3, 0.4) is 0 Å². The summed E-state index contributed by atoms with van der Waals surface area (Å²) in [5.41, 5.74) is 6.59. The van der Waals surface area contributed by atoms with E-state index < -0.39 is 0 Å². The van der Waals surface area contributed by atoms with Crippen molar-refractivity contribution in [3.8, 4) is 0 Å². The van der Waals surface area contributed by atoms with Gasteiger partial charge in [0.15, 0.2) is 5.89 Å². The van der Waals surface area contributed by atoms with Crippen LogP contribution in [0.15, 0.2) is 10.7 Å². The van der Waals surface area contributed by atoms with Gasteiger partial charge in [-0.15, -0.1) is 0 Å². The number of nitrogens with zero attached hydrogens (tertiary/aromatic N) is 1. The molecule has 3 heteroatoms. The lowest BCUT2D eigenvalue weighted by Crippen LogP contribution is -2.06. The topological polar surface area (TPSA) is 52.0 Å². The van der Waals surface area contributed by atoms with Gasteiger partial charge in [-0.3, -0.25) is 0 Å². The second kappa shape index (κ2) is 4.60. The second-order valence-corrected chi connectivity index (χ2v) is 4.04. The molecule has 3 nitrogen and oxygen atoms in total. The summed E-state index contributed by atoms with van der Waals surface area (Å²) in [5.74, 6) is 1.44. The first-order valence-electron chi connectivity index (χ1n) is 5.54. The Hall–Kier alpha value is -0.830. The Morgan fingerprint density at radius 3 is 2.86 bits per heavy atom. The summed E-state index contributed by atoms with van der Waals surface area (Å²) in [6, 6.07) is 0. The van der Waals surface area contributed by atoms with E-state index in [9.17, 15) is 0 Å². The van der Waals surface area contributed by atoms with Crippen LogP contribution in [0.2, 0.25) is 0 Å². The Balaban J connectivity index is 2.00. The standard InChI is InChI=1S/C11H18N2O/c12-7-6-11-13-10(8-14-11)9-4-2-1-3-5-9/h8-9H,1-7,12H2. The van der Waals surface area contributed by atoms with Gasteiger partial charge in [-0.1, -0.05) is 19.3 Å². The van der Waals surface area contributed by atoms with E-state index in [0.717, 1.165) is 18.0 Å². The predicted octanol–water partition coefficient (Wildman–Crippen LogP) is 2.22. The van der Waals surface area contributed by atoms with Crippen molar-refractivity contribution in [3.63, 3.8) is 0 Å². The van der Waals surface area contributed by atoms with E-state index in [4.69, 9.17) is 10.2 Å². The van der Waals surface area contributed by atoms with Crippen LogP contribution in [0.5, 0.6) is 0 Å². The zero-order chi connectivity index (χ0) is 9.80. The monoisotopic (exact) mass is 194 g/mol. The summed E-state index contributed by atoms with van der Waals surface area (Å²) < 4.78 is 5.37. The molecule has 0 radical (unpaired) electrons. The Labute approximate surface area is 84.7 Å². The fraction of sp³-hybridized carbons (Fsp3) is 0.727. The summed E-state index contributed by atoms with van der Waals surface area (Å²) in [6.45, 7) is 0.616. The van der Waals surface area contributed by atoms with E-state index in [-0.39, 0.29) is 0 Å². The Morgan fingerprint density at radius 2 is 2.14 bits per heavy atom. The molecule has 0 aliphatic heterocycles. The van der Waals surface area contributed by atoms with Crippen molar-refractivity contribution in [1.82, 2.24) is 4.98 Å². The van der Waals surface area contributed by atoms with Crippen molar-refractivity contribution in [3.05, 3.63) is 17.8 Å². The van der Waals surface area contributed by atoms with Crippen LogP contribution >= 0.6 is 0 Å². The van der Waals surface area contributed by atoms with Crippen molar-refractivity contribution >= 4 is 0 Å². The van der Waals surface area contributed by atoms with Gasteiger partial charge in [0.25, 0.3) is 0 Å². The van der Waals surface area contributed by atoms with E-state index in [1.165, 1.54) is 32.1 Å². The third-order valence-electron chi connectivity index (χ3n) is 2.95. The summed E-state index contributed by atoms with van der Waals surface area (Å²) in [6.07, 6.45) is 9.18. The quantitative estimate of drug-likeness (QED) is 0.802. The molecule has 0 amide bonds. The SMILES string of the molecule is NCCc1nc(C2CCCCC2)co1. The van der Waals surface area contributed by atoms with Gasteiger partial charge in [-0.2, -0.15) is 0 Å². The van der Waals surface area contributed by atoms with Gasteiger partial charge in [0.1, 0.15) is 6.26 Å². The van der Waals surface area contributed by atoms with Crippen molar-refractivity contribution in [1.29, 1.82) is 0 Å². The molecule has 0 atom stereocenters. The molecule has 2 N–H and O–H groups in total. The number of hydrogen-bond acceptors (Lipinski definition) is 3. The minimum absolute atomic E-state index is 0.616. The number of oxazole rings is 1. The smallest absolute Gasteiger partial charge is 0.195 e. The largest absolute Gasteiger partial charge is 0.449 e. The van der Waals surface area contributed by atoms with Crippen LogP contribution in [0.25, 0.3) is 0 Å². The molecule has 78 valence electrons. The summed E-state index contributed by atoms with van der Waals surface area (Å²) in [4.78, 5) is 4.48. The van der Waals surface area contributed by atoms with E-state index in [1.807, 2.05) is 6.26 Å². The van der Waals surface area contributed by atoms with E-state index in [0.29, 0.717) is 12.5 Å². The normalized spacial score (nSPS) is 18.6. The van der Waals surface area contributed by atoms with Crippen molar-refractivity contribution in [2.45, 2.75) is 44.4 Å². The Morgan fingerprint density at radius 1 is 1.36 bits per heavy atom. The highest BCUT2D eigenvalue weighted by molar-refractivity contribution is 5.05. The maximum atomic E-state index is 5.45. The minimum atomic E-state index is 0.616. The number of nitrogens with two attached hydrogens (primary N) is 1. The van der Waals surface area contributed by atoms with Crippen molar-refractivity contribution in [2.75, 3.05) is 6.54 Å². The summed E-state index contributed by atoms with van der Waals surface area (Å²) in [7, 11) is 0. The minimum Gasteiger partial charge on any atom is -0.449 e. The first kappa shape index (κ1) is 9.71. The Kier molecular flexibility index (Phi) is 3.19. The zero-order valence-corrected chi connectivity index (χ0v) is 8.54. The van der Waals surface area contributed by atoms with E-state index in [1.54, 1.807) is 0 Å². The maximum Gasteiger partial charge on any atom is 0.195 e. The van der Waals surface area contributed by atoms with Gasteiger partial charge in [0.05, 0.1) is 5.69 Å². The molecule has 0 aromatic carbocycles. The van der Waals surface area contributed by atoms with Crippen LogP contribution in [0.1, 0.15) is 49.6 Å². The predicted molar refractivity (Wildman–Crippen MR) is 55.1 cm³/mol. The van der Waals surface area contributed by atoms with Crippen molar-refractivity contribution < 1.29 is 4.42 Å². The van der Waals surface area contributed by atoms with Gasteiger partial charge in [-0.25, -0.2) is 4.98 Å². The summed E-state index contributed by atoms with van der Waals surface area (Å²) >= 11 is 0. The molecule has 1 aromatic heterocycles. The highest BCUT2D eigenvalue weighted by atomic mass is 16.3. The molecule has 1 fully saturated rings. The van der Waals surface area contributed by atoms with Crippen LogP contribution < -0.4 is 5.73 Å². The molecule has 1 aliphatic rings. The number of rotatable bonds is 3. The third kappa shape index (κ3) is 2.15. The lowest BCUT2D eigenvalue weighted by molar-refractivity contribution is 0.435. The second-order valence-electron chi connectivity index (χ2n) is 4.04. The van der Waals surface area contributed by atoms with Crippen LogP contribution in [-0.2, 0) is 6.42 Å². The van der Waals surface area contributed by atoms with Gasteiger partial charge < -0.3 is 10.2 Å². The number of aromatic nitrogens is 1. The molecule has 1 aliphatic carbocycles. The van der Waals surface area contributed by atoms with E-state index in [2.05, 4.69) is 4.98 Å². The number of hydrogen-bond donors (Lipinski definition) is 1. The van der Waals surface area contributed by atoms with E-state index >= 15 is 0 Å². The molecule has 14 heavy (non-hydrogen) atoms. The van der Waals surface area contributed by atoms with Crippen LogP contribution in [0, 0.1) is 0 Å². The lowest BCUT2D eigenvalue weighted by atomic mass is 9.87. The van der Waals surface area contributed by atoms with Gasteiger partial charge >= 0.3 is 0 Å². The highest BCUT2D eigenvalue weighted by Crippen LogP contribution is 2.31. The molecular formula is C11H18N2O. The van der Waals surface area contributed by atoms with Crippen LogP contribution in [-0.4, -0.2) is 11.5 Å². The molecule has 0 bridgehead atoms. The first-order valence-corrected chi connectivity index (χ1v) is 5.54. The summed E-state index contributed by atoms with van der Waals surface area (Å²) in [5, 5.41) is 0. The Bertz CT molecular complexity index is 277. The lowest BCUT2D eigenvalue weighted by Gasteiger charge is -2.18. The molecule has 0 saturated heterocycles. The molecule has 2 rings (SSSR count). The molecule has 1 heterocycles. The van der Waals surface area contributed by atoms with Crippen LogP contribution in [0.4, 0.5) is 0 Å². The molecule has 1 saturated carbocycles. The maximum absolute atomic E-state index is 5.45. The average molecular weight is 194 g/mol. The van der Waals surface area contributed by atoms with Gasteiger partial charge in [0, 0.05) is 18.9 Å². The molecular weight excluding hydrogens is 176 g/mol.